The zero-order chi connectivity index (χ0) is 23.9. The second-order valence-electron chi connectivity index (χ2n) is 6.19. The molecule has 0 unspecified atom stereocenters. The van der Waals surface area contributed by atoms with Crippen molar-refractivity contribution in [2.24, 2.45) is 9.98 Å². The SMILES string of the molecule is CN(C)C([Se])=NCCCSc1nnc([S-])s1.CN(C)C([Se])=NCCCSc1nnc([S-])s1.[Au]. The molecule has 0 saturated heterocycles. The molecule has 0 saturated carbocycles. The van der Waals surface area contributed by atoms with E-state index in [4.69, 9.17) is 25.3 Å². The predicted octanol–water partition coefficient (Wildman–Crippen LogP) is 2.02. The van der Waals surface area contributed by atoms with Crippen LogP contribution in [0.25, 0.3) is 0 Å². The van der Waals surface area contributed by atoms with Crippen LogP contribution in [0.4, 0.5) is 0 Å². The molecule has 189 valence electrons. The van der Waals surface area contributed by atoms with Crippen LogP contribution in [0.15, 0.2) is 27.3 Å². The Morgan fingerprint density at radius 3 is 1.42 bits per heavy atom. The van der Waals surface area contributed by atoms with Crippen LogP contribution in [0.5, 0.6) is 0 Å². The quantitative estimate of drug-likeness (QED) is 0.0885. The van der Waals surface area contributed by atoms with Crippen LogP contribution in [0, 0.1) is 0 Å². The van der Waals surface area contributed by atoms with Crippen molar-refractivity contribution in [2.75, 3.05) is 52.8 Å². The van der Waals surface area contributed by atoms with Gasteiger partial charge in [0.15, 0.2) is 0 Å². The standard InChI is InChI=1S/2C8H13N4S3Se.Au/c2*1-12(2)6(16)9-4-3-5-14-8-11-10-7(13)15-8;/h2*3-5H2,1-2H3,(H,10,13);/p-2. The van der Waals surface area contributed by atoms with Gasteiger partial charge >= 0.3 is 236 Å². The molecule has 0 aromatic carbocycles. The molecule has 0 fully saturated rings. The third-order valence-corrected chi connectivity index (χ3v) is 9.70. The molecule has 0 aliphatic rings. The molecule has 0 amide bonds. The summed E-state index contributed by atoms with van der Waals surface area (Å²) in [5.74, 6) is 1.99. The maximum atomic E-state index is 4.90. The van der Waals surface area contributed by atoms with Crippen LogP contribution in [-0.4, -0.2) is 124 Å². The Balaban J connectivity index is 0.000000602. The molecule has 2 aromatic heterocycles. The van der Waals surface area contributed by atoms with E-state index >= 15 is 0 Å². The average molecular weight is 876 g/mol. The average Bonchev–Trinajstić information content (AvgIpc) is 3.35. The molecule has 0 atom stereocenters. The summed E-state index contributed by atoms with van der Waals surface area (Å²) in [4.78, 5) is 12.7. The maximum Gasteiger partial charge on any atom is 0 e. The minimum Gasteiger partial charge on any atom is 0 e. The molecule has 3 radical (unpaired) electrons. The fourth-order valence-corrected chi connectivity index (χ4v) is 6.01. The number of aliphatic imine (C=N–C) groups is 2. The van der Waals surface area contributed by atoms with Crippen LogP contribution in [0.3, 0.4) is 0 Å². The molecule has 2 rings (SSSR count). The maximum absolute atomic E-state index is 4.90. The summed E-state index contributed by atoms with van der Waals surface area (Å²) in [6.07, 6.45) is 2.05. The molecule has 0 bridgehead atoms. The van der Waals surface area contributed by atoms with Crippen LogP contribution in [0.1, 0.15) is 12.8 Å². The second kappa shape index (κ2) is 20.1. The molecule has 0 spiro atoms. The van der Waals surface area contributed by atoms with Gasteiger partial charge in [0.05, 0.1) is 0 Å². The van der Waals surface area contributed by atoms with Gasteiger partial charge in [-0.15, -0.1) is 0 Å². The number of nitrogens with zero attached hydrogens (tertiary/aromatic N) is 8. The third-order valence-electron chi connectivity index (χ3n) is 3.09. The largest absolute Gasteiger partial charge is 0 e. The van der Waals surface area contributed by atoms with Crippen molar-refractivity contribution in [3.63, 3.8) is 0 Å². The fraction of sp³-hybridized carbons (Fsp3) is 0.625. The van der Waals surface area contributed by atoms with E-state index in [0.29, 0.717) is 8.68 Å². The Morgan fingerprint density at radius 2 is 1.15 bits per heavy atom. The summed E-state index contributed by atoms with van der Waals surface area (Å²) in [7, 11) is 7.87. The van der Waals surface area contributed by atoms with Gasteiger partial charge in [0, 0.05) is 22.4 Å². The molecule has 8 nitrogen and oxygen atoms in total. The van der Waals surface area contributed by atoms with E-state index in [1.807, 2.05) is 38.0 Å². The van der Waals surface area contributed by atoms with Crippen molar-refractivity contribution in [2.45, 2.75) is 30.2 Å². The smallest absolute Gasteiger partial charge is 0 e. The normalized spacial score (nSPS) is 11.4. The summed E-state index contributed by atoms with van der Waals surface area (Å²) in [6, 6.07) is 0. The second-order valence-corrected chi connectivity index (χ2v) is 13.7. The number of hydrogen-bond donors (Lipinski definition) is 0. The first kappa shape index (κ1) is 34.0. The Hall–Kier alpha value is 0.979. The molecule has 0 N–H and O–H groups in total. The minimum absolute atomic E-state index is 0. The van der Waals surface area contributed by atoms with Gasteiger partial charge in [0.1, 0.15) is 0 Å². The monoisotopic (exact) mass is 877 g/mol. The molecular formula is C16H24AuN8S6Se2-2. The third kappa shape index (κ3) is 17.1. The van der Waals surface area contributed by atoms with Gasteiger partial charge in [-0.3, -0.25) is 0 Å². The molecule has 2 heterocycles. The predicted molar refractivity (Wildman–Crippen MR) is 145 cm³/mol. The Bertz CT molecular complexity index is 780. The number of amidine groups is 2. The van der Waals surface area contributed by atoms with Gasteiger partial charge in [-0.05, 0) is 0 Å². The number of rotatable bonds is 10. The van der Waals surface area contributed by atoms with Gasteiger partial charge in [-0.1, -0.05) is 0 Å². The van der Waals surface area contributed by atoms with Gasteiger partial charge in [0.2, 0.25) is 0 Å². The van der Waals surface area contributed by atoms with E-state index in [1.54, 1.807) is 23.5 Å². The summed E-state index contributed by atoms with van der Waals surface area (Å²) in [5, 5.41) is 15.5. The van der Waals surface area contributed by atoms with E-state index < -0.39 is 0 Å². The van der Waals surface area contributed by atoms with Gasteiger partial charge < -0.3 is 0 Å². The van der Waals surface area contributed by atoms with Crippen LogP contribution in [-0.2, 0) is 47.6 Å². The summed E-state index contributed by atoms with van der Waals surface area (Å²) < 4.78 is 4.99. The van der Waals surface area contributed by atoms with Crippen LogP contribution >= 0.6 is 46.2 Å². The van der Waals surface area contributed by atoms with Gasteiger partial charge in [-0.2, -0.15) is 0 Å². The zero-order valence-electron chi connectivity index (χ0n) is 18.4. The minimum atomic E-state index is 0. The van der Waals surface area contributed by atoms with Crippen molar-refractivity contribution >= 4 is 113 Å². The Morgan fingerprint density at radius 1 is 0.788 bits per heavy atom. The number of thioether (sulfide) groups is 2. The molecule has 0 aliphatic carbocycles. The van der Waals surface area contributed by atoms with Crippen LogP contribution < -0.4 is 0 Å². The zero-order valence-corrected chi connectivity index (χ0v) is 28.9. The first-order chi connectivity index (χ1) is 15.2. The van der Waals surface area contributed by atoms with Crippen molar-refractivity contribution in [3.05, 3.63) is 0 Å². The molecule has 2 aromatic rings. The first-order valence-electron chi connectivity index (χ1n) is 9.23. The van der Waals surface area contributed by atoms with E-state index in [1.165, 1.54) is 22.7 Å². The van der Waals surface area contributed by atoms with Gasteiger partial charge in [-0.25, -0.2) is 0 Å². The van der Waals surface area contributed by atoms with E-state index in [9.17, 15) is 0 Å². The van der Waals surface area contributed by atoms with E-state index in [0.717, 1.165) is 55.6 Å². The topological polar surface area (TPSA) is 82.8 Å². The number of aromatic nitrogens is 4. The molecule has 17 heteroatoms. The van der Waals surface area contributed by atoms with Crippen molar-refractivity contribution in [3.8, 4) is 0 Å². The Kier molecular flexibility index (Phi) is 20.7. The van der Waals surface area contributed by atoms with Crippen molar-refractivity contribution in [1.29, 1.82) is 0 Å². The van der Waals surface area contributed by atoms with E-state index in [-0.39, 0.29) is 22.4 Å². The fourth-order valence-electron chi connectivity index (χ4n) is 1.59. The van der Waals surface area contributed by atoms with Crippen molar-refractivity contribution < 1.29 is 22.4 Å². The summed E-state index contributed by atoms with van der Waals surface area (Å²) in [6.45, 7) is 1.65. The molecular weight excluding hydrogens is 852 g/mol. The van der Waals surface area contributed by atoms with Gasteiger partial charge in [0.25, 0.3) is 0 Å². The van der Waals surface area contributed by atoms with Crippen molar-refractivity contribution in [1.82, 2.24) is 30.2 Å². The molecule has 33 heavy (non-hydrogen) atoms. The first-order valence-corrected chi connectivity index (χ1v) is 15.4. The molecule has 0 aliphatic heterocycles. The number of hydrogen-bond acceptors (Lipinski definition) is 12. The van der Waals surface area contributed by atoms with E-state index in [2.05, 4.69) is 62.4 Å². The summed E-state index contributed by atoms with van der Waals surface area (Å²) in [5.41, 5.74) is 0. The Labute approximate surface area is 255 Å². The van der Waals surface area contributed by atoms with Crippen LogP contribution in [0.2, 0.25) is 0 Å². The summed E-state index contributed by atoms with van der Waals surface area (Å²) >= 11 is 21.9.